The number of ether oxygens (including phenoxy) is 1. The van der Waals surface area contributed by atoms with Gasteiger partial charge in [0.15, 0.2) is 5.70 Å². The van der Waals surface area contributed by atoms with Crippen molar-refractivity contribution in [2.45, 2.75) is 31.4 Å². The van der Waals surface area contributed by atoms with Crippen molar-refractivity contribution in [3.05, 3.63) is 41.4 Å². The highest BCUT2D eigenvalue weighted by Crippen LogP contribution is 2.70. The fraction of sp³-hybridized carbons (Fsp3) is 0.353. The molecule has 0 aliphatic heterocycles. The topological polar surface area (TPSA) is 111 Å². The number of nitrogens with one attached hydrogen (secondary N) is 1. The molecule has 3 aliphatic carbocycles. The highest BCUT2D eigenvalue weighted by molar-refractivity contribution is 5.85. The van der Waals surface area contributed by atoms with Crippen molar-refractivity contribution in [2.75, 3.05) is 0 Å². The molecule has 4 rings (SSSR count). The van der Waals surface area contributed by atoms with Crippen LogP contribution in [-0.2, 0) is 4.79 Å². The van der Waals surface area contributed by atoms with Crippen molar-refractivity contribution in [3.63, 3.8) is 0 Å². The van der Waals surface area contributed by atoms with Gasteiger partial charge in [-0.25, -0.2) is 15.0 Å². The fourth-order valence-electron chi connectivity index (χ4n) is 3.40. The molecule has 6 N–H and O–H groups in total. The number of nitrogens with two attached hydrogens (primary N) is 2. The number of carbonyl (C=O) groups is 1. The normalized spacial score (nSPS) is 27.6. The van der Waals surface area contributed by atoms with E-state index in [1.54, 1.807) is 24.3 Å². The Morgan fingerprint density at radius 2 is 2.12 bits per heavy atom. The summed E-state index contributed by atoms with van der Waals surface area (Å²) in [5.41, 5.74) is 6.86. The second kappa shape index (κ2) is 5.73. The van der Waals surface area contributed by atoms with E-state index in [-0.39, 0.29) is 11.3 Å². The third-order valence-corrected chi connectivity index (χ3v) is 4.43. The van der Waals surface area contributed by atoms with E-state index >= 15 is 0 Å². The van der Waals surface area contributed by atoms with E-state index in [4.69, 9.17) is 21.4 Å². The van der Waals surface area contributed by atoms with Crippen LogP contribution in [0, 0.1) is 17.3 Å². The van der Waals surface area contributed by atoms with Crippen molar-refractivity contribution in [1.29, 1.82) is 0 Å². The zero-order valence-corrected chi connectivity index (χ0v) is 12.9. The SMILES string of the molecule is NN/C(Oc1cccc(C#CCC23CC(F)(C2)C3)c1)=C(\N)C(=O)O. The quantitative estimate of drug-likeness (QED) is 0.213. The zero-order valence-electron chi connectivity index (χ0n) is 12.9. The van der Waals surface area contributed by atoms with Crippen LogP contribution in [0.4, 0.5) is 4.39 Å². The first-order valence-electron chi connectivity index (χ1n) is 7.50. The largest absolute Gasteiger partial charge is 0.476 e. The molecular weight excluding hydrogens is 313 g/mol. The summed E-state index contributed by atoms with van der Waals surface area (Å²) in [6.45, 7) is 0. The summed E-state index contributed by atoms with van der Waals surface area (Å²) in [7, 11) is 0. The molecule has 0 heterocycles. The maximum atomic E-state index is 13.5. The number of aliphatic carboxylic acids is 1. The molecule has 0 atom stereocenters. The zero-order chi connectivity index (χ0) is 17.4. The molecule has 0 saturated heterocycles. The molecule has 0 unspecified atom stereocenters. The number of rotatable bonds is 5. The van der Waals surface area contributed by atoms with Gasteiger partial charge < -0.3 is 15.6 Å². The molecule has 3 fully saturated rings. The van der Waals surface area contributed by atoms with E-state index in [9.17, 15) is 9.18 Å². The first-order chi connectivity index (χ1) is 11.3. The third-order valence-electron chi connectivity index (χ3n) is 4.43. The number of hydrazine groups is 1. The van der Waals surface area contributed by atoms with Crippen LogP contribution < -0.4 is 21.7 Å². The van der Waals surface area contributed by atoms with Gasteiger partial charge in [0.1, 0.15) is 11.4 Å². The van der Waals surface area contributed by atoms with Crippen LogP contribution in [0.2, 0.25) is 0 Å². The number of hydrogen-bond acceptors (Lipinski definition) is 5. The molecule has 1 aromatic carbocycles. The Kier molecular flexibility index (Phi) is 3.85. The third kappa shape index (κ3) is 3.01. The van der Waals surface area contributed by atoms with Crippen molar-refractivity contribution < 1.29 is 19.0 Å². The number of halogens is 1. The molecular formula is C17H18FN3O3. The Balaban J connectivity index is 1.66. The lowest BCUT2D eigenvalue weighted by Gasteiger charge is -2.65. The van der Waals surface area contributed by atoms with Gasteiger partial charge in [-0.15, -0.1) is 0 Å². The molecule has 0 amide bonds. The molecule has 3 saturated carbocycles. The predicted molar refractivity (Wildman–Crippen MR) is 84.9 cm³/mol. The lowest BCUT2D eigenvalue weighted by molar-refractivity contribution is -0.209. The van der Waals surface area contributed by atoms with Crippen LogP contribution in [0.3, 0.4) is 0 Å². The molecule has 0 aromatic heterocycles. The maximum Gasteiger partial charge on any atom is 0.357 e. The van der Waals surface area contributed by atoms with Crippen molar-refractivity contribution in [3.8, 4) is 17.6 Å². The first kappa shape index (κ1) is 16.1. The van der Waals surface area contributed by atoms with E-state index in [0.29, 0.717) is 37.0 Å². The molecule has 126 valence electrons. The number of hydrogen-bond donors (Lipinski definition) is 4. The van der Waals surface area contributed by atoms with Gasteiger partial charge in [-0.3, -0.25) is 5.43 Å². The summed E-state index contributed by atoms with van der Waals surface area (Å²) < 4.78 is 18.8. The predicted octanol–water partition coefficient (Wildman–Crippen LogP) is 1.37. The van der Waals surface area contributed by atoms with Gasteiger partial charge in [0.25, 0.3) is 0 Å². The van der Waals surface area contributed by atoms with Crippen LogP contribution in [-0.4, -0.2) is 16.7 Å². The van der Waals surface area contributed by atoms with Crippen molar-refractivity contribution in [1.82, 2.24) is 5.43 Å². The highest BCUT2D eigenvalue weighted by atomic mass is 19.1. The van der Waals surface area contributed by atoms with E-state index in [1.165, 1.54) is 0 Å². The van der Waals surface area contributed by atoms with E-state index in [0.717, 1.165) is 0 Å². The van der Waals surface area contributed by atoms with Crippen molar-refractivity contribution >= 4 is 5.97 Å². The maximum absolute atomic E-state index is 13.5. The summed E-state index contributed by atoms with van der Waals surface area (Å²) in [5.74, 6) is 10.1. The minimum atomic E-state index is -1.34. The van der Waals surface area contributed by atoms with Crippen LogP contribution >= 0.6 is 0 Å². The van der Waals surface area contributed by atoms with Crippen LogP contribution in [0.5, 0.6) is 5.75 Å². The van der Waals surface area contributed by atoms with Gasteiger partial charge in [-0.1, -0.05) is 17.9 Å². The average Bonchev–Trinajstić information content (AvgIpc) is 2.49. The molecule has 0 spiro atoms. The highest BCUT2D eigenvalue weighted by Gasteiger charge is 2.68. The molecule has 0 radical (unpaired) electrons. The molecule has 3 aliphatic rings. The Morgan fingerprint density at radius 3 is 2.71 bits per heavy atom. The Bertz CT molecular complexity index is 759. The van der Waals surface area contributed by atoms with Gasteiger partial charge in [0, 0.05) is 12.0 Å². The molecule has 2 bridgehead atoms. The molecule has 6 nitrogen and oxygen atoms in total. The van der Waals surface area contributed by atoms with Crippen LogP contribution in [0.15, 0.2) is 35.8 Å². The first-order valence-corrected chi connectivity index (χ1v) is 7.50. The average molecular weight is 331 g/mol. The Hall–Kier alpha value is -2.72. The number of carboxylic acid groups (broad SMARTS) is 1. The number of benzene rings is 1. The monoisotopic (exact) mass is 331 g/mol. The van der Waals surface area contributed by atoms with E-state index in [1.807, 2.05) is 0 Å². The smallest absolute Gasteiger partial charge is 0.357 e. The summed E-state index contributed by atoms with van der Waals surface area (Å²) in [4.78, 5) is 10.8. The Labute approximate surface area is 138 Å². The summed E-state index contributed by atoms with van der Waals surface area (Å²) in [6.07, 6.45) is 2.57. The van der Waals surface area contributed by atoms with Crippen LogP contribution in [0.1, 0.15) is 31.2 Å². The second-order valence-electron chi connectivity index (χ2n) is 6.48. The molecule has 7 heteroatoms. The molecule has 24 heavy (non-hydrogen) atoms. The van der Waals surface area contributed by atoms with E-state index < -0.39 is 17.3 Å². The minimum Gasteiger partial charge on any atom is -0.476 e. The lowest BCUT2D eigenvalue weighted by Crippen LogP contribution is -2.63. The second-order valence-corrected chi connectivity index (χ2v) is 6.48. The van der Waals surface area contributed by atoms with Gasteiger partial charge in [0.2, 0.25) is 5.88 Å². The summed E-state index contributed by atoms with van der Waals surface area (Å²) in [5, 5.41) is 8.85. The minimum absolute atomic E-state index is 0.0885. The van der Waals surface area contributed by atoms with Gasteiger partial charge in [-0.05, 0) is 42.9 Å². The summed E-state index contributed by atoms with van der Waals surface area (Å²) in [6, 6.07) is 6.81. The van der Waals surface area contributed by atoms with Gasteiger partial charge in [0.05, 0.1) is 0 Å². The Morgan fingerprint density at radius 1 is 1.42 bits per heavy atom. The van der Waals surface area contributed by atoms with Gasteiger partial charge in [-0.2, -0.15) is 0 Å². The number of carboxylic acids is 1. The van der Waals surface area contributed by atoms with Crippen LogP contribution in [0.25, 0.3) is 0 Å². The van der Waals surface area contributed by atoms with Gasteiger partial charge >= 0.3 is 5.97 Å². The fourth-order valence-corrected chi connectivity index (χ4v) is 3.40. The van der Waals surface area contributed by atoms with E-state index in [2.05, 4.69) is 17.3 Å². The van der Waals surface area contributed by atoms with Crippen molar-refractivity contribution in [2.24, 2.45) is 17.0 Å². The lowest BCUT2D eigenvalue weighted by atomic mass is 9.41. The molecule has 1 aromatic rings. The summed E-state index contributed by atoms with van der Waals surface area (Å²) >= 11 is 0. The standard InChI is InChI=1S/C17H18FN3O3/c18-17-8-16(9-17,10-17)6-2-4-11-3-1-5-12(7-11)24-14(21-20)13(19)15(22)23/h1,3,5,7,21H,6,8-10,19-20H2,(H,22,23)/b14-13+. The number of alkyl halides is 1.